The smallest absolute Gasteiger partial charge is 0.333 e. The molecule has 0 bridgehead atoms. The van der Waals surface area contributed by atoms with E-state index in [1.807, 2.05) is 20.9 Å². The van der Waals surface area contributed by atoms with Crippen LogP contribution in [0.25, 0.3) is 22.4 Å². The van der Waals surface area contributed by atoms with Gasteiger partial charge in [-0.3, -0.25) is 9.48 Å². The van der Waals surface area contributed by atoms with Gasteiger partial charge in [0.2, 0.25) is 10.0 Å². The monoisotopic (exact) mass is 658 g/mol. The quantitative estimate of drug-likeness (QED) is 0.192. The predicted octanol–water partition coefficient (Wildman–Crippen LogP) is 4.57. The number of rotatable bonds is 17. The van der Waals surface area contributed by atoms with Crippen molar-refractivity contribution >= 4 is 27.0 Å². The predicted molar refractivity (Wildman–Crippen MR) is 178 cm³/mol. The van der Waals surface area contributed by atoms with Gasteiger partial charge in [-0.1, -0.05) is 65.2 Å². The largest absolute Gasteiger partial charge is 0.493 e. The fourth-order valence-corrected chi connectivity index (χ4v) is 7.29. The lowest BCUT2D eigenvalue weighted by atomic mass is 10.1. The molecule has 3 heterocycles. The van der Waals surface area contributed by atoms with Crippen LogP contribution in [0.2, 0.25) is 0 Å². The first kappa shape index (κ1) is 35.6. The molecule has 1 saturated heterocycles. The highest BCUT2D eigenvalue weighted by atomic mass is 32.2. The zero-order chi connectivity index (χ0) is 33.3. The van der Waals surface area contributed by atoms with Crippen molar-refractivity contribution in [2.24, 2.45) is 7.05 Å². The first-order valence-electron chi connectivity index (χ1n) is 16.8. The van der Waals surface area contributed by atoms with Crippen LogP contribution in [0, 0.1) is 0 Å². The first-order valence-corrected chi connectivity index (χ1v) is 18.2. The van der Waals surface area contributed by atoms with Crippen LogP contribution in [0.1, 0.15) is 90.7 Å². The maximum absolute atomic E-state index is 13.8. The molecule has 0 unspecified atom stereocenters. The highest BCUT2D eigenvalue weighted by Gasteiger charge is 2.30. The topological polar surface area (TPSA) is 129 Å². The second-order valence-electron chi connectivity index (χ2n) is 12.0. The number of aromatic nitrogens is 4. The third kappa shape index (κ3) is 8.34. The molecule has 12 nitrogen and oxygen atoms in total. The Morgan fingerprint density at radius 2 is 1.57 bits per heavy atom. The zero-order valence-electron chi connectivity index (χ0n) is 28.1. The number of benzene rings is 1. The second kappa shape index (κ2) is 16.5. The minimum atomic E-state index is -3.86. The number of hydrogen-bond donors (Lipinski definition) is 0. The van der Waals surface area contributed by atoms with Crippen molar-refractivity contribution in [3.8, 4) is 17.1 Å². The number of nitrogens with zero attached hydrogens (tertiary/aromatic N) is 6. The number of piperazine rings is 1. The van der Waals surface area contributed by atoms with E-state index in [2.05, 4.69) is 21.9 Å². The number of fused-ring (bicyclic) bond motifs is 1. The number of carbonyl (C=O) groups is 1. The molecule has 1 aliphatic heterocycles. The first-order chi connectivity index (χ1) is 22.1. The van der Waals surface area contributed by atoms with E-state index in [0.29, 0.717) is 56.0 Å². The standard InChI is InChI=1S/C33H50N6O6S/c1-6-9-10-11-12-13-14-15-17-29(40)45-39-30-27(16-7-2)35-37(5)31(30)33(41)34-32(39)26-24-25(18-19-28(26)44-8-3)46(42,43)38-22-20-36(4)21-23-38/h18-19,24H,6-17,20-23H2,1-5H3. The summed E-state index contributed by atoms with van der Waals surface area (Å²) in [5.74, 6) is -0.157. The Hall–Kier alpha value is -3.29. The highest BCUT2D eigenvalue weighted by molar-refractivity contribution is 7.89. The summed E-state index contributed by atoms with van der Waals surface area (Å²) in [6.45, 7) is 8.27. The Labute approximate surface area is 272 Å². The van der Waals surface area contributed by atoms with Gasteiger partial charge in [0.25, 0.3) is 5.56 Å². The molecule has 254 valence electrons. The summed E-state index contributed by atoms with van der Waals surface area (Å²) in [5, 5.41) is 4.57. The van der Waals surface area contributed by atoms with E-state index in [1.165, 1.54) is 51.5 Å². The fourth-order valence-electron chi connectivity index (χ4n) is 5.84. The molecule has 0 saturated carbocycles. The Kier molecular flexibility index (Phi) is 12.8. The Bertz CT molecular complexity index is 1640. The average Bonchev–Trinajstić information content (AvgIpc) is 3.36. The average molecular weight is 659 g/mol. The summed E-state index contributed by atoms with van der Waals surface area (Å²) in [6.07, 6.45) is 10.2. The zero-order valence-corrected chi connectivity index (χ0v) is 28.9. The Balaban J connectivity index is 1.75. The molecule has 46 heavy (non-hydrogen) atoms. The maximum atomic E-state index is 13.8. The van der Waals surface area contributed by atoms with Crippen LogP contribution in [0.4, 0.5) is 0 Å². The molecule has 1 fully saturated rings. The van der Waals surface area contributed by atoms with Gasteiger partial charge in [-0.15, -0.1) is 0 Å². The lowest BCUT2D eigenvalue weighted by Gasteiger charge is -2.31. The number of carbonyl (C=O) groups excluding carboxylic acids is 1. The number of likely N-dealkylation sites (N-methyl/N-ethyl adjacent to an activating group) is 1. The molecule has 0 aliphatic carbocycles. The second-order valence-corrected chi connectivity index (χ2v) is 14.0. The number of unbranched alkanes of at least 4 members (excludes halogenated alkanes) is 7. The van der Waals surface area contributed by atoms with Crippen LogP contribution in [-0.4, -0.2) is 82.9 Å². The van der Waals surface area contributed by atoms with Gasteiger partial charge in [0.1, 0.15) is 11.3 Å². The third-order valence-corrected chi connectivity index (χ3v) is 10.3. The van der Waals surface area contributed by atoms with Gasteiger partial charge in [0, 0.05) is 39.6 Å². The van der Waals surface area contributed by atoms with Gasteiger partial charge in [-0.2, -0.15) is 19.1 Å². The van der Waals surface area contributed by atoms with E-state index >= 15 is 0 Å². The normalized spacial score (nSPS) is 14.6. The summed E-state index contributed by atoms with van der Waals surface area (Å²) in [6, 6.07) is 4.54. The summed E-state index contributed by atoms with van der Waals surface area (Å²) in [5.41, 5.74) is 0.805. The van der Waals surface area contributed by atoms with Crippen LogP contribution < -0.4 is 15.1 Å². The lowest BCUT2D eigenvalue weighted by molar-refractivity contribution is -0.143. The molecule has 0 atom stereocenters. The van der Waals surface area contributed by atoms with Gasteiger partial charge in [-0.05, 0) is 45.0 Å². The molecule has 4 rings (SSSR count). The van der Waals surface area contributed by atoms with Crippen molar-refractivity contribution in [1.82, 2.24) is 28.7 Å². The molecular formula is C33H50N6O6S. The molecule has 1 aliphatic rings. The van der Waals surface area contributed by atoms with Gasteiger partial charge in [-0.25, -0.2) is 13.2 Å². The number of hydrogen-bond acceptors (Lipinski definition) is 9. The van der Waals surface area contributed by atoms with Crippen molar-refractivity contribution in [1.29, 1.82) is 0 Å². The minimum Gasteiger partial charge on any atom is -0.493 e. The van der Waals surface area contributed by atoms with Gasteiger partial charge in [0.15, 0.2) is 11.3 Å². The van der Waals surface area contributed by atoms with Gasteiger partial charge >= 0.3 is 5.97 Å². The third-order valence-electron chi connectivity index (χ3n) is 8.40. The van der Waals surface area contributed by atoms with Crippen molar-refractivity contribution in [3.63, 3.8) is 0 Å². The van der Waals surface area contributed by atoms with E-state index in [4.69, 9.17) is 9.57 Å². The van der Waals surface area contributed by atoms with Crippen LogP contribution in [0.5, 0.6) is 5.75 Å². The molecular weight excluding hydrogens is 608 g/mol. The van der Waals surface area contributed by atoms with Crippen molar-refractivity contribution in [3.05, 3.63) is 34.2 Å². The Morgan fingerprint density at radius 3 is 2.22 bits per heavy atom. The molecule has 0 radical (unpaired) electrons. The summed E-state index contributed by atoms with van der Waals surface area (Å²) in [4.78, 5) is 39.4. The fraction of sp³-hybridized carbons (Fsp3) is 0.636. The number of sulfonamides is 1. The van der Waals surface area contributed by atoms with Crippen LogP contribution in [0.3, 0.4) is 0 Å². The molecule has 0 spiro atoms. The van der Waals surface area contributed by atoms with E-state index < -0.39 is 21.6 Å². The molecule has 0 N–H and O–H groups in total. The van der Waals surface area contributed by atoms with Crippen LogP contribution in [0.15, 0.2) is 27.9 Å². The van der Waals surface area contributed by atoms with E-state index in [9.17, 15) is 18.0 Å². The van der Waals surface area contributed by atoms with Crippen LogP contribution in [-0.2, 0) is 28.3 Å². The summed E-state index contributed by atoms with van der Waals surface area (Å²) >= 11 is 0. The molecule has 1 aromatic carbocycles. The van der Waals surface area contributed by atoms with Crippen molar-refractivity contribution in [2.45, 2.75) is 96.3 Å². The van der Waals surface area contributed by atoms with Gasteiger partial charge < -0.3 is 14.5 Å². The van der Waals surface area contributed by atoms with Crippen LogP contribution >= 0.6 is 0 Å². The molecule has 13 heteroatoms. The minimum absolute atomic E-state index is 0.00833. The number of aryl methyl sites for hydroxylation is 2. The number of ether oxygens (including phenoxy) is 1. The molecule has 3 aromatic rings. The van der Waals surface area contributed by atoms with E-state index in [1.54, 1.807) is 13.1 Å². The molecule has 2 aromatic heterocycles. The molecule has 0 amide bonds. The van der Waals surface area contributed by atoms with Crippen molar-refractivity contribution in [2.75, 3.05) is 39.8 Å². The van der Waals surface area contributed by atoms with Gasteiger partial charge in [0.05, 0.1) is 22.8 Å². The van der Waals surface area contributed by atoms with Crippen molar-refractivity contribution < 1.29 is 22.8 Å². The maximum Gasteiger partial charge on any atom is 0.333 e. The highest BCUT2D eigenvalue weighted by Crippen LogP contribution is 2.34. The summed E-state index contributed by atoms with van der Waals surface area (Å²) < 4.78 is 37.6. The SMILES string of the molecule is CCCCCCCCCCC(=O)On1c(-c2cc(S(=O)(=O)N3CCN(C)CC3)ccc2OCC)nc(=O)c2c1c(CCC)nn2C. The summed E-state index contributed by atoms with van der Waals surface area (Å²) in [7, 11) is -0.244. The van der Waals surface area contributed by atoms with E-state index in [0.717, 1.165) is 25.7 Å². The van der Waals surface area contributed by atoms with E-state index in [-0.39, 0.29) is 34.8 Å². The Morgan fingerprint density at radius 1 is 0.891 bits per heavy atom. The lowest BCUT2D eigenvalue weighted by Crippen LogP contribution is -2.47.